The lowest BCUT2D eigenvalue weighted by Gasteiger charge is -2.22. The van der Waals surface area contributed by atoms with Crippen LogP contribution in [0.25, 0.3) is 0 Å². The van der Waals surface area contributed by atoms with Gasteiger partial charge in [0.1, 0.15) is 6.04 Å². The average molecular weight is 358 g/mol. The van der Waals surface area contributed by atoms with Crippen LogP contribution in [-0.2, 0) is 11.2 Å². The molecule has 132 valence electrons. The van der Waals surface area contributed by atoms with Crippen LogP contribution in [-0.4, -0.2) is 41.0 Å². The highest BCUT2D eigenvalue weighted by Gasteiger charge is 2.26. The molecular formula is C18H22N4O2S. The van der Waals surface area contributed by atoms with E-state index < -0.39 is 6.04 Å². The first-order valence-electron chi connectivity index (χ1n) is 8.44. The highest BCUT2D eigenvalue weighted by Crippen LogP contribution is 2.16. The lowest BCUT2D eigenvalue weighted by molar-refractivity contribution is -0.118. The van der Waals surface area contributed by atoms with Crippen LogP contribution in [0.15, 0.2) is 35.7 Å². The van der Waals surface area contributed by atoms with Gasteiger partial charge in [0.25, 0.3) is 0 Å². The fraction of sp³-hybridized carbons (Fsp3) is 0.389. The third-order valence-electron chi connectivity index (χ3n) is 4.14. The summed E-state index contributed by atoms with van der Waals surface area (Å²) in [5.74, 6) is -0.245. The quantitative estimate of drug-likeness (QED) is 0.863. The number of nitrogens with zero attached hydrogens (tertiary/aromatic N) is 2. The Kier molecular flexibility index (Phi) is 5.65. The van der Waals surface area contributed by atoms with E-state index in [4.69, 9.17) is 0 Å². The summed E-state index contributed by atoms with van der Waals surface area (Å²) in [5, 5.41) is 8.13. The van der Waals surface area contributed by atoms with Crippen molar-refractivity contribution in [2.24, 2.45) is 0 Å². The first-order chi connectivity index (χ1) is 12.1. The van der Waals surface area contributed by atoms with Crippen molar-refractivity contribution in [2.45, 2.75) is 32.2 Å². The van der Waals surface area contributed by atoms with E-state index in [0.29, 0.717) is 11.6 Å². The molecule has 1 saturated heterocycles. The third-order valence-corrected chi connectivity index (χ3v) is 5.01. The number of benzene rings is 1. The van der Waals surface area contributed by atoms with Crippen LogP contribution in [0, 0.1) is 6.92 Å². The molecule has 3 amide bonds. The van der Waals surface area contributed by atoms with Crippen molar-refractivity contribution in [3.8, 4) is 0 Å². The monoisotopic (exact) mass is 358 g/mol. The van der Waals surface area contributed by atoms with Gasteiger partial charge in [-0.05, 0) is 25.3 Å². The van der Waals surface area contributed by atoms with Crippen LogP contribution >= 0.6 is 11.3 Å². The molecule has 2 aromatic rings. The second-order valence-corrected chi connectivity index (χ2v) is 7.03. The molecule has 7 heteroatoms. The Morgan fingerprint density at radius 2 is 1.96 bits per heavy atom. The van der Waals surface area contributed by atoms with E-state index in [1.165, 1.54) is 11.3 Å². The molecule has 0 bridgehead atoms. The van der Waals surface area contributed by atoms with Crippen LogP contribution in [0.1, 0.15) is 24.1 Å². The molecule has 25 heavy (non-hydrogen) atoms. The van der Waals surface area contributed by atoms with E-state index in [1.807, 2.05) is 42.6 Å². The lowest BCUT2D eigenvalue weighted by Crippen LogP contribution is -2.49. The highest BCUT2D eigenvalue weighted by molar-refractivity contribution is 7.13. The second-order valence-electron chi connectivity index (χ2n) is 6.17. The molecule has 1 fully saturated rings. The first kappa shape index (κ1) is 17.4. The SMILES string of the molecule is Cc1csc(NC(=O)C(Cc2ccccc2)NC(=O)N2CCCC2)n1. The van der Waals surface area contributed by atoms with Gasteiger partial charge < -0.3 is 15.5 Å². The summed E-state index contributed by atoms with van der Waals surface area (Å²) in [7, 11) is 0. The van der Waals surface area contributed by atoms with Crippen LogP contribution in [0.4, 0.5) is 9.93 Å². The van der Waals surface area contributed by atoms with Gasteiger partial charge in [0.05, 0.1) is 5.69 Å². The third kappa shape index (κ3) is 4.79. The van der Waals surface area contributed by atoms with Gasteiger partial charge in [-0.15, -0.1) is 11.3 Å². The van der Waals surface area contributed by atoms with Crippen molar-refractivity contribution in [1.29, 1.82) is 0 Å². The molecule has 6 nitrogen and oxygen atoms in total. The zero-order valence-corrected chi connectivity index (χ0v) is 15.0. The number of likely N-dealkylation sites (tertiary alicyclic amines) is 1. The Bertz CT molecular complexity index is 726. The minimum Gasteiger partial charge on any atom is -0.326 e. The summed E-state index contributed by atoms with van der Waals surface area (Å²) < 4.78 is 0. The Labute approximate surface area is 151 Å². The minimum atomic E-state index is -0.639. The molecule has 1 aliphatic heterocycles. The van der Waals surface area contributed by atoms with Crippen molar-refractivity contribution in [3.05, 3.63) is 47.0 Å². The van der Waals surface area contributed by atoms with Gasteiger partial charge in [-0.3, -0.25) is 4.79 Å². The Morgan fingerprint density at radius 3 is 2.60 bits per heavy atom. The van der Waals surface area contributed by atoms with E-state index in [-0.39, 0.29) is 11.9 Å². The Morgan fingerprint density at radius 1 is 1.24 bits per heavy atom. The van der Waals surface area contributed by atoms with E-state index >= 15 is 0 Å². The molecule has 1 aliphatic rings. The predicted octanol–water partition coefficient (Wildman–Crippen LogP) is 2.81. The van der Waals surface area contributed by atoms with Gasteiger partial charge in [-0.25, -0.2) is 9.78 Å². The van der Waals surface area contributed by atoms with Crippen molar-refractivity contribution >= 4 is 28.4 Å². The topological polar surface area (TPSA) is 74.3 Å². The molecular weight excluding hydrogens is 336 g/mol. The number of rotatable bonds is 5. The van der Waals surface area contributed by atoms with Crippen molar-refractivity contribution < 1.29 is 9.59 Å². The smallest absolute Gasteiger partial charge is 0.318 e. The van der Waals surface area contributed by atoms with E-state index in [2.05, 4.69) is 15.6 Å². The van der Waals surface area contributed by atoms with Crippen LogP contribution in [0.3, 0.4) is 0 Å². The molecule has 1 aromatic carbocycles. The molecule has 2 N–H and O–H groups in total. The van der Waals surface area contributed by atoms with E-state index in [9.17, 15) is 9.59 Å². The van der Waals surface area contributed by atoms with E-state index in [1.54, 1.807) is 4.90 Å². The predicted molar refractivity (Wildman–Crippen MR) is 98.8 cm³/mol. The van der Waals surface area contributed by atoms with Crippen molar-refractivity contribution in [3.63, 3.8) is 0 Å². The zero-order chi connectivity index (χ0) is 17.6. The maximum atomic E-state index is 12.7. The highest BCUT2D eigenvalue weighted by atomic mass is 32.1. The molecule has 2 heterocycles. The molecule has 1 aromatic heterocycles. The number of aromatic nitrogens is 1. The number of aryl methyl sites for hydroxylation is 1. The van der Waals surface area contributed by atoms with Gasteiger partial charge in [-0.2, -0.15) is 0 Å². The fourth-order valence-corrected chi connectivity index (χ4v) is 3.51. The molecule has 1 unspecified atom stereocenters. The summed E-state index contributed by atoms with van der Waals surface area (Å²) in [5.41, 5.74) is 1.86. The normalized spacial score (nSPS) is 15.0. The van der Waals surface area contributed by atoms with Crippen molar-refractivity contribution in [2.75, 3.05) is 18.4 Å². The summed E-state index contributed by atoms with van der Waals surface area (Å²) in [6, 6.07) is 8.88. The van der Waals surface area contributed by atoms with Gasteiger partial charge >= 0.3 is 6.03 Å². The van der Waals surface area contributed by atoms with Crippen LogP contribution in [0.5, 0.6) is 0 Å². The van der Waals surface area contributed by atoms with E-state index in [0.717, 1.165) is 37.2 Å². The number of nitrogens with one attached hydrogen (secondary N) is 2. The molecule has 1 atom stereocenters. The molecule has 3 rings (SSSR count). The maximum Gasteiger partial charge on any atom is 0.318 e. The van der Waals surface area contributed by atoms with Gasteiger partial charge in [0.15, 0.2) is 5.13 Å². The number of hydrogen-bond donors (Lipinski definition) is 2. The standard InChI is InChI=1S/C18H22N4O2S/c1-13-12-25-17(19-13)21-16(23)15(11-14-7-3-2-4-8-14)20-18(24)22-9-5-6-10-22/h2-4,7-8,12,15H,5-6,9-11H2,1H3,(H,20,24)(H,19,21,23). The van der Waals surface area contributed by atoms with Gasteiger partial charge in [0.2, 0.25) is 5.91 Å². The maximum absolute atomic E-state index is 12.7. The summed E-state index contributed by atoms with van der Waals surface area (Å²) in [6.45, 7) is 3.37. The molecule has 0 radical (unpaired) electrons. The number of thiazole rings is 1. The summed E-state index contributed by atoms with van der Waals surface area (Å²) in [4.78, 5) is 31.2. The zero-order valence-electron chi connectivity index (χ0n) is 14.2. The van der Waals surface area contributed by atoms with Crippen molar-refractivity contribution in [1.82, 2.24) is 15.2 Å². The largest absolute Gasteiger partial charge is 0.326 e. The first-order valence-corrected chi connectivity index (χ1v) is 9.32. The molecule has 0 saturated carbocycles. The second kappa shape index (κ2) is 8.11. The summed E-state index contributed by atoms with van der Waals surface area (Å²) >= 11 is 1.38. The van der Waals surface area contributed by atoms with Gasteiger partial charge in [-0.1, -0.05) is 30.3 Å². The average Bonchev–Trinajstić information content (AvgIpc) is 3.27. The molecule has 0 spiro atoms. The number of hydrogen-bond acceptors (Lipinski definition) is 4. The van der Waals surface area contributed by atoms with Crippen LogP contribution < -0.4 is 10.6 Å². The number of urea groups is 1. The number of amides is 3. The number of carbonyl (C=O) groups is 2. The molecule has 0 aliphatic carbocycles. The van der Waals surface area contributed by atoms with Crippen LogP contribution in [0.2, 0.25) is 0 Å². The summed E-state index contributed by atoms with van der Waals surface area (Å²) in [6.07, 6.45) is 2.47. The Balaban J connectivity index is 1.70. The lowest BCUT2D eigenvalue weighted by atomic mass is 10.1. The Hall–Kier alpha value is -2.41. The van der Waals surface area contributed by atoms with Gasteiger partial charge in [0, 0.05) is 24.9 Å². The number of anilines is 1. The fourth-order valence-electron chi connectivity index (χ4n) is 2.82. The minimum absolute atomic E-state index is 0.177. The number of carbonyl (C=O) groups excluding carboxylic acids is 2.